The highest BCUT2D eigenvalue weighted by Crippen LogP contribution is 2.29. The summed E-state index contributed by atoms with van der Waals surface area (Å²) in [7, 11) is 0. The van der Waals surface area contributed by atoms with Gasteiger partial charge in [-0.2, -0.15) is 0 Å². The van der Waals surface area contributed by atoms with Crippen molar-refractivity contribution in [1.29, 1.82) is 0 Å². The molecule has 62 valence electrons. The largest absolute Gasteiger partial charge is 0.308 e. The Morgan fingerprint density at radius 2 is 1.70 bits per heavy atom. The molecule has 0 aliphatic rings. The van der Waals surface area contributed by atoms with Crippen molar-refractivity contribution in [1.82, 2.24) is 0 Å². The van der Waals surface area contributed by atoms with Crippen molar-refractivity contribution in [3.8, 4) is 0 Å². The second-order valence-electron chi connectivity index (χ2n) is 2.17. The molecule has 0 amide bonds. The SMILES string of the molecule is CC[C@H](F)C(F)(F)C(C)F. The van der Waals surface area contributed by atoms with Crippen molar-refractivity contribution < 1.29 is 17.6 Å². The van der Waals surface area contributed by atoms with Gasteiger partial charge in [0.25, 0.3) is 0 Å². The standard InChI is InChI=1S/C6H10F4/c1-3-5(8)6(9,10)4(2)7/h4-5H,3H2,1-2H3/t4?,5-/m0/s1. The van der Waals surface area contributed by atoms with Gasteiger partial charge in [-0.3, -0.25) is 0 Å². The lowest BCUT2D eigenvalue weighted by molar-refractivity contribution is -0.122. The number of rotatable bonds is 3. The van der Waals surface area contributed by atoms with Crippen LogP contribution in [-0.4, -0.2) is 18.3 Å². The van der Waals surface area contributed by atoms with Gasteiger partial charge in [-0.15, -0.1) is 0 Å². The monoisotopic (exact) mass is 158 g/mol. The number of hydrogen-bond acceptors (Lipinski definition) is 0. The van der Waals surface area contributed by atoms with Crippen molar-refractivity contribution >= 4 is 0 Å². The Morgan fingerprint density at radius 1 is 1.30 bits per heavy atom. The molecule has 10 heavy (non-hydrogen) atoms. The molecule has 0 spiro atoms. The van der Waals surface area contributed by atoms with E-state index >= 15 is 0 Å². The van der Waals surface area contributed by atoms with Gasteiger partial charge < -0.3 is 0 Å². The first-order valence-electron chi connectivity index (χ1n) is 3.08. The van der Waals surface area contributed by atoms with E-state index in [1.807, 2.05) is 0 Å². The fourth-order valence-electron chi connectivity index (χ4n) is 0.521. The van der Waals surface area contributed by atoms with Crippen LogP contribution in [0.1, 0.15) is 20.3 Å². The zero-order chi connectivity index (χ0) is 8.36. The minimum atomic E-state index is -3.82. The van der Waals surface area contributed by atoms with Crippen molar-refractivity contribution in [2.24, 2.45) is 0 Å². The molecule has 0 heterocycles. The predicted octanol–water partition coefficient (Wildman–Crippen LogP) is 2.73. The molecule has 0 aliphatic carbocycles. The molecule has 0 N–H and O–H groups in total. The third kappa shape index (κ3) is 1.85. The summed E-state index contributed by atoms with van der Waals surface area (Å²) in [6.07, 6.45) is -5.14. The van der Waals surface area contributed by atoms with E-state index < -0.39 is 18.3 Å². The third-order valence-electron chi connectivity index (χ3n) is 1.31. The molecule has 0 aromatic carbocycles. The lowest BCUT2D eigenvalue weighted by Gasteiger charge is -2.20. The van der Waals surface area contributed by atoms with E-state index in [0.717, 1.165) is 0 Å². The molecule has 0 aliphatic heterocycles. The highest BCUT2D eigenvalue weighted by molar-refractivity contribution is 4.80. The van der Waals surface area contributed by atoms with Gasteiger partial charge in [0.15, 0.2) is 12.3 Å². The molecular formula is C6H10F4. The number of halogens is 4. The van der Waals surface area contributed by atoms with Crippen molar-refractivity contribution in [2.75, 3.05) is 0 Å². The van der Waals surface area contributed by atoms with E-state index in [-0.39, 0.29) is 6.42 Å². The van der Waals surface area contributed by atoms with Crippen LogP contribution in [0.25, 0.3) is 0 Å². The highest BCUT2D eigenvalue weighted by Gasteiger charge is 2.44. The molecule has 0 saturated carbocycles. The molecule has 4 heteroatoms. The van der Waals surface area contributed by atoms with E-state index in [4.69, 9.17) is 0 Å². The van der Waals surface area contributed by atoms with Gasteiger partial charge in [0, 0.05) is 0 Å². The maximum absolute atomic E-state index is 12.2. The quantitative estimate of drug-likeness (QED) is 0.554. The van der Waals surface area contributed by atoms with Gasteiger partial charge in [0.05, 0.1) is 0 Å². The van der Waals surface area contributed by atoms with Crippen LogP contribution in [0, 0.1) is 0 Å². The number of hydrogen-bond donors (Lipinski definition) is 0. The predicted molar refractivity (Wildman–Crippen MR) is 30.7 cm³/mol. The van der Waals surface area contributed by atoms with Gasteiger partial charge in [-0.05, 0) is 13.3 Å². The smallest absolute Gasteiger partial charge is 0.241 e. The van der Waals surface area contributed by atoms with Gasteiger partial charge in [-0.1, -0.05) is 6.92 Å². The molecule has 0 saturated heterocycles. The minimum absolute atomic E-state index is 0.360. The Bertz CT molecular complexity index is 99.9. The van der Waals surface area contributed by atoms with E-state index in [9.17, 15) is 17.6 Å². The third-order valence-corrected chi connectivity index (χ3v) is 1.31. The molecule has 2 atom stereocenters. The van der Waals surface area contributed by atoms with Crippen LogP contribution in [0.5, 0.6) is 0 Å². The van der Waals surface area contributed by atoms with Crippen LogP contribution in [0.3, 0.4) is 0 Å². The fraction of sp³-hybridized carbons (Fsp3) is 1.00. The van der Waals surface area contributed by atoms with E-state index in [0.29, 0.717) is 6.92 Å². The van der Waals surface area contributed by atoms with Crippen molar-refractivity contribution in [2.45, 2.75) is 38.5 Å². The van der Waals surface area contributed by atoms with Crippen LogP contribution in [-0.2, 0) is 0 Å². The van der Waals surface area contributed by atoms with Crippen molar-refractivity contribution in [3.63, 3.8) is 0 Å². The van der Waals surface area contributed by atoms with E-state index in [1.54, 1.807) is 0 Å². The normalized spacial score (nSPS) is 18.6. The van der Waals surface area contributed by atoms with Crippen molar-refractivity contribution in [3.05, 3.63) is 0 Å². The van der Waals surface area contributed by atoms with Crippen LogP contribution in [0.4, 0.5) is 17.6 Å². The van der Waals surface area contributed by atoms with Gasteiger partial charge in [-0.25, -0.2) is 17.6 Å². The lowest BCUT2D eigenvalue weighted by atomic mass is 10.1. The van der Waals surface area contributed by atoms with E-state index in [2.05, 4.69) is 0 Å². The van der Waals surface area contributed by atoms with E-state index in [1.165, 1.54) is 6.92 Å². The van der Waals surface area contributed by atoms with Crippen LogP contribution < -0.4 is 0 Å². The minimum Gasteiger partial charge on any atom is -0.241 e. The fourth-order valence-corrected chi connectivity index (χ4v) is 0.521. The summed E-state index contributed by atoms with van der Waals surface area (Å²) >= 11 is 0. The molecule has 0 fully saturated rings. The Hall–Kier alpha value is -0.280. The topological polar surface area (TPSA) is 0 Å². The Morgan fingerprint density at radius 3 is 1.80 bits per heavy atom. The van der Waals surface area contributed by atoms with Crippen LogP contribution in [0.15, 0.2) is 0 Å². The first kappa shape index (κ1) is 9.72. The highest BCUT2D eigenvalue weighted by atomic mass is 19.3. The summed E-state index contributed by atoms with van der Waals surface area (Å²) in [6, 6.07) is 0. The maximum Gasteiger partial charge on any atom is 0.308 e. The summed E-state index contributed by atoms with van der Waals surface area (Å²) in [5.41, 5.74) is 0. The zero-order valence-electron chi connectivity index (χ0n) is 5.87. The zero-order valence-corrected chi connectivity index (χ0v) is 5.87. The molecule has 1 unspecified atom stereocenters. The summed E-state index contributed by atoms with van der Waals surface area (Å²) in [5.74, 6) is -3.82. The van der Waals surface area contributed by atoms with Gasteiger partial charge in [0.2, 0.25) is 0 Å². The molecule has 0 nitrogen and oxygen atoms in total. The average molecular weight is 158 g/mol. The summed E-state index contributed by atoms with van der Waals surface area (Å²) < 4.78 is 48.5. The Balaban J connectivity index is 4.09. The Kier molecular flexibility index (Phi) is 3.12. The van der Waals surface area contributed by atoms with Crippen LogP contribution >= 0.6 is 0 Å². The second-order valence-corrected chi connectivity index (χ2v) is 2.17. The second kappa shape index (κ2) is 3.21. The van der Waals surface area contributed by atoms with Gasteiger partial charge in [0.1, 0.15) is 0 Å². The lowest BCUT2D eigenvalue weighted by Crippen LogP contribution is -2.37. The molecule has 0 aromatic heterocycles. The first-order valence-corrected chi connectivity index (χ1v) is 3.08. The molecule has 0 rings (SSSR count). The summed E-state index contributed by atoms with van der Waals surface area (Å²) in [6.45, 7) is 1.91. The molecular weight excluding hydrogens is 148 g/mol. The Labute approximate surface area is 57.2 Å². The maximum atomic E-state index is 12.2. The first-order chi connectivity index (χ1) is 4.42. The average Bonchev–Trinajstić information content (AvgIpc) is 1.86. The summed E-state index contributed by atoms with van der Waals surface area (Å²) in [5, 5.41) is 0. The number of alkyl halides is 4. The summed E-state index contributed by atoms with van der Waals surface area (Å²) in [4.78, 5) is 0. The molecule has 0 radical (unpaired) electrons. The molecule has 0 aromatic rings. The van der Waals surface area contributed by atoms with Crippen LogP contribution in [0.2, 0.25) is 0 Å². The molecule has 0 bridgehead atoms. The van der Waals surface area contributed by atoms with Gasteiger partial charge >= 0.3 is 5.92 Å².